The number of rotatable bonds is 6. The van der Waals surface area contributed by atoms with E-state index >= 15 is 0 Å². The molecular weight excluding hydrogens is 354 g/mol. The minimum atomic E-state index is -0.246. The van der Waals surface area contributed by atoms with E-state index in [0.29, 0.717) is 11.5 Å². The fraction of sp³-hybridized carbons (Fsp3) is 0.318. The summed E-state index contributed by atoms with van der Waals surface area (Å²) in [7, 11) is 5.19. The van der Waals surface area contributed by atoms with Crippen LogP contribution in [0, 0.1) is 5.92 Å². The van der Waals surface area contributed by atoms with Crippen LogP contribution in [0.2, 0.25) is 0 Å². The number of nitrogens with zero attached hydrogens (tertiary/aromatic N) is 1. The number of carbonyl (C=O) groups is 1. The summed E-state index contributed by atoms with van der Waals surface area (Å²) in [6.07, 6.45) is 1.98. The molecule has 2 amide bonds. The first-order valence-corrected chi connectivity index (χ1v) is 9.28. The van der Waals surface area contributed by atoms with Gasteiger partial charge in [0.25, 0.3) is 0 Å². The third-order valence-corrected chi connectivity index (χ3v) is 4.90. The first kappa shape index (κ1) is 19.6. The zero-order valence-corrected chi connectivity index (χ0v) is 16.9. The van der Waals surface area contributed by atoms with E-state index in [4.69, 9.17) is 9.47 Å². The number of hydrogen-bond donors (Lipinski definition) is 2. The first-order chi connectivity index (χ1) is 13.4. The van der Waals surface area contributed by atoms with Crippen molar-refractivity contribution < 1.29 is 14.3 Å². The third kappa shape index (κ3) is 3.91. The number of anilines is 1. The highest BCUT2D eigenvalue weighted by Gasteiger charge is 2.20. The topological polar surface area (TPSA) is 64.5 Å². The Bertz CT molecular complexity index is 978. The number of ether oxygens (including phenoxy) is 2. The van der Waals surface area contributed by atoms with Crippen LogP contribution in [-0.2, 0) is 7.05 Å². The SMILES string of the molecule is COc1ccc(C(NC(=O)Nc2cccc3c2ccn3C)C(C)C)cc1OC. The van der Waals surface area contributed by atoms with Crippen molar-refractivity contribution in [1.82, 2.24) is 9.88 Å². The summed E-state index contributed by atoms with van der Waals surface area (Å²) in [4.78, 5) is 12.7. The number of aromatic nitrogens is 1. The molecule has 0 saturated heterocycles. The Morgan fingerprint density at radius 3 is 2.46 bits per heavy atom. The van der Waals surface area contributed by atoms with Gasteiger partial charge in [-0.3, -0.25) is 0 Å². The Morgan fingerprint density at radius 1 is 1.04 bits per heavy atom. The van der Waals surface area contributed by atoms with Crippen LogP contribution in [0.15, 0.2) is 48.7 Å². The molecule has 0 aliphatic carbocycles. The van der Waals surface area contributed by atoms with Crippen LogP contribution in [0.3, 0.4) is 0 Å². The molecule has 0 aliphatic heterocycles. The average Bonchev–Trinajstić information content (AvgIpc) is 3.07. The lowest BCUT2D eigenvalue weighted by Crippen LogP contribution is -2.35. The van der Waals surface area contributed by atoms with E-state index in [-0.39, 0.29) is 18.0 Å². The van der Waals surface area contributed by atoms with Gasteiger partial charge in [0.1, 0.15) is 0 Å². The second-order valence-electron chi connectivity index (χ2n) is 7.10. The number of methoxy groups -OCH3 is 2. The van der Waals surface area contributed by atoms with Crippen LogP contribution in [-0.4, -0.2) is 24.8 Å². The average molecular weight is 381 g/mol. The van der Waals surface area contributed by atoms with Crippen LogP contribution >= 0.6 is 0 Å². The van der Waals surface area contributed by atoms with Gasteiger partial charge in [-0.15, -0.1) is 0 Å². The van der Waals surface area contributed by atoms with Crippen LogP contribution in [0.1, 0.15) is 25.5 Å². The van der Waals surface area contributed by atoms with E-state index in [9.17, 15) is 4.79 Å². The number of hydrogen-bond acceptors (Lipinski definition) is 3. The maximum atomic E-state index is 12.7. The van der Waals surface area contributed by atoms with E-state index in [1.807, 2.05) is 60.3 Å². The van der Waals surface area contributed by atoms with Crippen LogP contribution in [0.5, 0.6) is 11.5 Å². The summed E-state index contributed by atoms with van der Waals surface area (Å²) in [5.74, 6) is 1.49. The molecule has 28 heavy (non-hydrogen) atoms. The van der Waals surface area contributed by atoms with Gasteiger partial charge in [-0.05, 0) is 41.8 Å². The van der Waals surface area contributed by atoms with Crippen molar-refractivity contribution in [2.24, 2.45) is 13.0 Å². The Hall–Kier alpha value is -3.15. The number of aryl methyl sites for hydroxylation is 1. The quantitative estimate of drug-likeness (QED) is 0.650. The monoisotopic (exact) mass is 381 g/mol. The highest BCUT2D eigenvalue weighted by atomic mass is 16.5. The lowest BCUT2D eigenvalue weighted by molar-refractivity contribution is 0.244. The molecule has 0 aliphatic rings. The van der Waals surface area contributed by atoms with Crippen molar-refractivity contribution in [3.63, 3.8) is 0 Å². The van der Waals surface area contributed by atoms with Gasteiger partial charge < -0.3 is 24.7 Å². The Morgan fingerprint density at radius 2 is 1.79 bits per heavy atom. The van der Waals surface area contributed by atoms with Gasteiger partial charge in [-0.2, -0.15) is 0 Å². The molecule has 2 N–H and O–H groups in total. The fourth-order valence-electron chi connectivity index (χ4n) is 3.39. The number of carbonyl (C=O) groups excluding carboxylic acids is 1. The van der Waals surface area contributed by atoms with Gasteiger partial charge in [0, 0.05) is 24.1 Å². The molecule has 1 heterocycles. The summed E-state index contributed by atoms with van der Waals surface area (Å²) >= 11 is 0. The van der Waals surface area contributed by atoms with E-state index in [2.05, 4.69) is 24.5 Å². The van der Waals surface area contributed by atoms with Crippen molar-refractivity contribution >= 4 is 22.6 Å². The first-order valence-electron chi connectivity index (χ1n) is 9.28. The van der Waals surface area contributed by atoms with E-state index in [0.717, 1.165) is 22.2 Å². The second-order valence-corrected chi connectivity index (χ2v) is 7.10. The number of nitrogens with one attached hydrogen (secondary N) is 2. The standard InChI is InChI=1S/C22H27N3O3/c1-14(2)21(15-9-10-19(27-4)20(13-15)28-5)24-22(26)23-17-7-6-8-18-16(17)11-12-25(18)3/h6-14,21H,1-5H3,(H2,23,24,26). The number of fused-ring (bicyclic) bond motifs is 1. The zero-order chi connectivity index (χ0) is 20.3. The lowest BCUT2D eigenvalue weighted by Gasteiger charge is -2.24. The molecule has 3 rings (SSSR count). The maximum Gasteiger partial charge on any atom is 0.319 e. The van der Waals surface area contributed by atoms with Gasteiger partial charge in [0.2, 0.25) is 0 Å². The molecule has 6 nitrogen and oxygen atoms in total. The summed E-state index contributed by atoms with van der Waals surface area (Å²) in [5.41, 5.74) is 2.81. The van der Waals surface area contributed by atoms with E-state index in [1.165, 1.54) is 0 Å². The van der Waals surface area contributed by atoms with Crippen molar-refractivity contribution in [3.05, 3.63) is 54.2 Å². The predicted octanol–water partition coefficient (Wildman–Crippen LogP) is 4.71. The summed E-state index contributed by atoms with van der Waals surface area (Å²) in [6.45, 7) is 4.14. The molecule has 2 aromatic carbocycles. The molecule has 6 heteroatoms. The van der Waals surface area contributed by atoms with Crippen molar-refractivity contribution in [2.75, 3.05) is 19.5 Å². The molecule has 0 spiro atoms. The normalized spacial score (nSPS) is 12.1. The van der Waals surface area contributed by atoms with Crippen molar-refractivity contribution in [2.45, 2.75) is 19.9 Å². The molecule has 0 radical (unpaired) electrons. The lowest BCUT2D eigenvalue weighted by atomic mass is 9.96. The highest BCUT2D eigenvalue weighted by Crippen LogP contribution is 2.32. The summed E-state index contributed by atoms with van der Waals surface area (Å²) < 4.78 is 12.7. The predicted molar refractivity (Wildman–Crippen MR) is 112 cm³/mol. The fourth-order valence-corrected chi connectivity index (χ4v) is 3.39. The van der Waals surface area contributed by atoms with Crippen molar-refractivity contribution in [1.29, 1.82) is 0 Å². The smallest absolute Gasteiger partial charge is 0.319 e. The molecule has 1 unspecified atom stereocenters. The number of benzene rings is 2. The van der Waals surface area contributed by atoms with E-state index in [1.54, 1.807) is 14.2 Å². The molecule has 148 valence electrons. The van der Waals surface area contributed by atoms with Gasteiger partial charge in [0.15, 0.2) is 11.5 Å². The third-order valence-electron chi connectivity index (χ3n) is 4.90. The van der Waals surface area contributed by atoms with Gasteiger partial charge in [-0.1, -0.05) is 26.0 Å². The molecular formula is C22H27N3O3. The number of urea groups is 1. The molecule has 0 bridgehead atoms. The number of amides is 2. The van der Waals surface area contributed by atoms with Gasteiger partial charge in [-0.25, -0.2) is 4.79 Å². The summed E-state index contributed by atoms with van der Waals surface area (Å²) in [5, 5.41) is 7.08. The molecule has 3 aromatic rings. The maximum absolute atomic E-state index is 12.7. The summed E-state index contributed by atoms with van der Waals surface area (Å²) in [6, 6.07) is 13.2. The van der Waals surface area contributed by atoms with E-state index < -0.39 is 0 Å². The van der Waals surface area contributed by atoms with Gasteiger partial charge >= 0.3 is 6.03 Å². The molecule has 0 fully saturated rings. The molecule has 0 saturated carbocycles. The molecule has 1 atom stereocenters. The Kier molecular flexibility index (Phi) is 5.78. The van der Waals surface area contributed by atoms with Gasteiger partial charge in [0.05, 0.1) is 25.9 Å². The largest absolute Gasteiger partial charge is 0.493 e. The van der Waals surface area contributed by atoms with Crippen LogP contribution in [0.4, 0.5) is 10.5 Å². The second kappa shape index (κ2) is 8.25. The Labute approximate surface area is 165 Å². The van der Waals surface area contributed by atoms with Crippen LogP contribution < -0.4 is 20.1 Å². The molecule has 1 aromatic heterocycles. The minimum Gasteiger partial charge on any atom is -0.493 e. The Balaban J connectivity index is 1.81. The van der Waals surface area contributed by atoms with Crippen LogP contribution in [0.25, 0.3) is 10.9 Å². The highest BCUT2D eigenvalue weighted by molar-refractivity contribution is 6.01. The zero-order valence-electron chi connectivity index (χ0n) is 16.9. The van der Waals surface area contributed by atoms with Crippen molar-refractivity contribution in [3.8, 4) is 11.5 Å². The minimum absolute atomic E-state index is 0.171.